The lowest BCUT2D eigenvalue weighted by Crippen LogP contribution is -2.14. The molecule has 0 saturated heterocycles. The Morgan fingerprint density at radius 2 is 1.85 bits per heavy atom. The molecule has 0 radical (unpaired) electrons. The van der Waals surface area contributed by atoms with Crippen LogP contribution < -0.4 is 4.74 Å². The molecule has 0 spiro atoms. The third-order valence-electron chi connectivity index (χ3n) is 3.59. The van der Waals surface area contributed by atoms with E-state index in [4.69, 9.17) is 21.1 Å². The number of benzene rings is 2. The van der Waals surface area contributed by atoms with Gasteiger partial charge in [0.25, 0.3) is 0 Å². The van der Waals surface area contributed by atoms with Crippen LogP contribution in [0.1, 0.15) is 20.7 Å². The number of carbonyl (C=O) groups is 2. The number of rotatable bonds is 6. The maximum Gasteiger partial charge on any atom is 0.338 e. The summed E-state index contributed by atoms with van der Waals surface area (Å²) in [6.07, 6.45) is 2.96. The first-order valence-corrected chi connectivity index (χ1v) is 7.95. The van der Waals surface area contributed by atoms with E-state index in [1.54, 1.807) is 47.4 Å². The average molecular weight is 372 g/mol. The van der Waals surface area contributed by atoms with Crippen molar-refractivity contribution in [2.75, 3.05) is 13.7 Å². The predicted octanol–water partition coefficient (Wildman–Crippen LogP) is 2.97. The van der Waals surface area contributed by atoms with Crippen molar-refractivity contribution >= 4 is 23.4 Å². The molecule has 7 nitrogen and oxygen atoms in total. The minimum atomic E-state index is -0.594. The summed E-state index contributed by atoms with van der Waals surface area (Å²) in [4.78, 5) is 28.1. The highest BCUT2D eigenvalue weighted by Gasteiger charge is 2.13. The molecule has 0 bridgehead atoms. The summed E-state index contributed by atoms with van der Waals surface area (Å²) in [6.45, 7) is -0.383. The zero-order valence-electron chi connectivity index (χ0n) is 13.8. The molecule has 8 heteroatoms. The molecule has 26 heavy (non-hydrogen) atoms. The van der Waals surface area contributed by atoms with Gasteiger partial charge in [-0.05, 0) is 42.5 Å². The number of hydrogen-bond donors (Lipinski definition) is 0. The van der Waals surface area contributed by atoms with Crippen molar-refractivity contribution in [3.63, 3.8) is 0 Å². The number of hydrogen-bond acceptors (Lipinski definition) is 6. The Morgan fingerprint density at radius 3 is 2.46 bits per heavy atom. The lowest BCUT2D eigenvalue weighted by molar-refractivity contribution is 0.0475. The molecule has 0 fully saturated rings. The number of methoxy groups -OCH3 is 1. The van der Waals surface area contributed by atoms with Gasteiger partial charge in [-0.15, -0.1) is 0 Å². The van der Waals surface area contributed by atoms with E-state index in [-0.39, 0.29) is 12.4 Å². The van der Waals surface area contributed by atoms with Gasteiger partial charge in [0, 0.05) is 5.56 Å². The molecule has 0 saturated carbocycles. The number of Topliss-reactive ketones (excluding diaryl/α,β-unsaturated/α-hetero) is 1. The summed E-state index contributed by atoms with van der Waals surface area (Å²) in [6, 6.07) is 11.2. The van der Waals surface area contributed by atoms with Gasteiger partial charge < -0.3 is 9.47 Å². The summed E-state index contributed by atoms with van der Waals surface area (Å²) in [5.74, 6) is -0.488. The van der Waals surface area contributed by atoms with E-state index in [9.17, 15) is 9.59 Å². The van der Waals surface area contributed by atoms with Crippen molar-refractivity contribution in [1.82, 2.24) is 14.8 Å². The number of nitrogens with zero attached hydrogens (tertiary/aromatic N) is 3. The Kier molecular flexibility index (Phi) is 5.28. The molecule has 0 unspecified atom stereocenters. The number of aromatic nitrogens is 3. The molecule has 0 aliphatic carbocycles. The van der Waals surface area contributed by atoms with Crippen molar-refractivity contribution < 1.29 is 19.1 Å². The molecule has 1 aromatic heterocycles. The SMILES string of the molecule is COc1ccc(C(=O)COC(=O)c2ccc(-n3cncn3)cc2)cc1Cl. The normalized spacial score (nSPS) is 10.4. The number of halogens is 1. The highest BCUT2D eigenvalue weighted by atomic mass is 35.5. The quantitative estimate of drug-likeness (QED) is 0.489. The molecule has 0 aliphatic rings. The van der Waals surface area contributed by atoms with Gasteiger partial charge in [0.15, 0.2) is 12.4 Å². The number of carbonyl (C=O) groups excluding carboxylic acids is 2. The summed E-state index contributed by atoms with van der Waals surface area (Å²) in [7, 11) is 1.48. The van der Waals surface area contributed by atoms with Crippen LogP contribution in [0.25, 0.3) is 5.69 Å². The summed E-state index contributed by atoms with van der Waals surface area (Å²) < 4.78 is 11.7. The van der Waals surface area contributed by atoms with Crippen LogP contribution in [0.5, 0.6) is 5.75 Å². The smallest absolute Gasteiger partial charge is 0.338 e. The van der Waals surface area contributed by atoms with Gasteiger partial charge in [0.05, 0.1) is 23.4 Å². The number of ether oxygens (including phenoxy) is 2. The molecule has 0 atom stereocenters. The predicted molar refractivity (Wildman–Crippen MR) is 94.0 cm³/mol. The lowest BCUT2D eigenvalue weighted by Gasteiger charge is -2.07. The maximum atomic E-state index is 12.1. The Morgan fingerprint density at radius 1 is 1.12 bits per heavy atom. The molecule has 3 rings (SSSR count). The van der Waals surface area contributed by atoms with E-state index in [0.717, 1.165) is 5.69 Å². The second-order valence-electron chi connectivity index (χ2n) is 5.24. The third-order valence-corrected chi connectivity index (χ3v) is 3.89. The Hall–Kier alpha value is -3.19. The fourth-order valence-electron chi connectivity index (χ4n) is 2.23. The highest BCUT2D eigenvalue weighted by Crippen LogP contribution is 2.25. The fourth-order valence-corrected chi connectivity index (χ4v) is 2.49. The first kappa shape index (κ1) is 17.6. The maximum absolute atomic E-state index is 12.1. The van der Waals surface area contributed by atoms with Gasteiger partial charge in [-0.25, -0.2) is 14.5 Å². The van der Waals surface area contributed by atoms with Crippen LogP contribution in [0, 0.1) is 0 Å². The van der Waals surface area contributed by atoms with E-state index in [1.165, 1.54) is 19.5 Å². The van der Waals surface area contributed by atoms with Crippen LogP contribution in [-0.2, 0) is 4.74 Å². The Balaban J connectivity index is 1.61. The van der Waals surface area contributed by atoms with Gasteiger partial charge in [-0.3, -0.25) is 4.79 Å². The second kappa shape index (κ2) is 7.79. The van der Waals surface area contributed by atoms with Crippen LogP contribution in [-0.4, -0.2) is 40.2 Å². The second-order valence-corrected chi connectivity index (χ2v) is 5.64. The van der Waals surface area contributed by atoms with Crippen LogP contribution in [0.4, 0.5) is 0 Å². The van der Waals surface area contributed by atoms with Crippen molar-refractivity contribution in [3.05, 3.63) is 71.3 Å². The Labute approximate surface area is 154 Å². The minimum absolute atomic E-state index is 0.313. The molecular weight excluding hydrogens is 358 g/mol. The van der Waals surface area contributed by atoms with Crippen molar-refractivity contribution in [2.45, 2.75) is 0 Å². The lowest BCUT2D eigenvalue weighted by atomic mass is 10.1. The van der Waals surface area contributed by atoms with Crippen molar-refractivity contribution in [3.8, 4) is 11.4 Å². The third kappa shape index (κ3) is 3.89. The van der Waals surface area contributed by atoms with Crippen LogP contribution >= 0.6 is 11.6 Å². The van der Waals surface area contributed by atoms with Crippen molar-refractivity contribution in [2.24, 2.45) is 0 Å². The fraction of sp³-hybridized carbons (Fsp3) is 0.111. The molecule has 132 valence electrons. The largest absolute Gasteiger partial charge is 0.495 e. The first-order valence-electron chi connectivity index (χ1n) is 7.57. The van der Waals surface area contributed by atoms with E-state index >= 15 is 0 Å². The number of esters is 1. The highest BCUT2D eigenvalue weighted by molar-refractivity contribution is 6.32. The summed E-state index contributed by atoms with van der Waals surface area (Å²) in [5, 5.41) is 4.31. The van der Waals surface area contributed by atoms with Gasteiger partial charge in [-0.2, -0.15) is 5.10 Å². The van der Waals surface area contributed by atoms with Gasteiger partial charge in [-0.1, -0.05) is 11.6 Å². The van der Waals surface area contributed by atoms with Crippen LogP contribution in [0.2, 0.25) is 5.02 Å². The Bertz CT molecular complexity index is 924. The van der Waals surface area contributed by atoms with Crippen LogP contribution in [0.3, 0.4) is 0 Å². The molecule has 0 amide bonds. The van der Waals surface area contributed by atoms with Gasteiger partial charge >= 0.3 is 5.97 Å². The molecule has 3 aromatic rings. The van der Waals surface area contributed by atoms with E-state index in [0.29, 0.717) is 21.9 Å². The van der Waals surface area contributed by atoms with Crippen molar-refractivity contribution in [1.29, 1.82) is 0 Å². The summed E-state index contributed by atoms with van der Waals surface area (Å²) >= 11 is 5.99. The minimum Gasteiger partial charge on any atom is -0.495 e. The standard InChI is InChI=1S/C18H14ClN3O4/c1-25-17-7-4-13(8-15(17)19)16(23)9-26-18(24)12-2-5-14(6-3-12)22-11-20-10-21-22/h2-8,10-11H,9H2,1H3. The topological polar surface area (TPSA) is 83.3 Å². The average Bonchev–Trinajstić information content (AvgIpc) is 3.20. The van der Waals surface area contributed by atoms with Crippen LogP contribution in [0.15, 0.2) is 55.1 Å². The van der Waals surface area contributed by atoms with Gasteiger partial charge in [0.2, 0.25) is 0 Å². The molecule has 0 aliphatic heterocycles. The number of ketones is 1. The molecular formula is C18H14ClN3O4. The summed E-state index contributed by atoms with van der Waals surface area (Å²) in [5.41, 5.74) is 1.42. The zero-order chi connectivity index (χ0) is 18.5. The van der Waals surface area contributed by atoms with E-state index in [2.05, 4.69) is 10.1 Å². The van der Waals surface area contributed by atoms with E-state index < -0.39 is 5.97 Å². The first-order chi connectivity index (χ1) is 12.6. The molecule has 1 heterocycles. The van der Waals surface area contributed by atoms with Gasteiger partial charge in [0.1, 0.15) is 18.4 Å². The molecule has 2 aromatic carbocycles. The monoisotopic (exact) mass is 371 g/mol. The van der Waals surface area contributed by atoms with E-state index in [1.807, 2.05) is 0 Å². The molecule has 0 N–H and O–H groups in total. The zero-order valence-corrected chi connectivity index (χ0v) is 14.5.